The monoisotopic (exact) mass is 335 g/mol. The van der Waals surface area contributed by atoms with E-state index in [4.69, 9.17) is 0 Å². The smallest absolute Gasteiger partial charge is 0.258 e. The molecular formula is C14H17N5O3S. The molecule has 0 aliphatic carbocycles. The lowest BCUT2D eigenvalue weighted by Crippen LogP contribution is -2.33. The number of carbonyl (C=O) groups is 1. The van der Waals surface area contributed by atoms with Gasteiger partial charge in [0.25, 0.3) is 5.91 Å². The Hall–Kier alpha value is -2.55. The summed E-state index contributed by atoms with van der Waals surface area (Å²) in [4.78, 5) is 23.3. The van der Waals surface area contributed by atoms with Crippen molar-refractivity contribution in [1.82, 2.24) is 15.0 Å². The van der Waals surface area contributed by atoms with Crippen LogP contribution in [0.25, 0.3) is 0 Å². The van der Waals surface area contributed by atoms with Crippen molar-refractivity contribution in [3.63, 3.8) is 0 Å². The van der Waals surface area contributed by atoms with E-state index in [-0.39, 0.29) is 5.95 Å². The number of benzene rings is 1. The molecule has 0 fully saturated rings. The van der Waals surface area contributed by atoms with Crippen LogP contribution >= 0.6 is 0 Å². The molecule has 0 aliphatic heterocycles. The molecule has 0 saturated heterocycles. The molecule has 8 nitrogen and oxygen atoms in total. The highest BCUT2D eigenvalue weighted by Crippen LogP contribution is 2.20. The Labute approximate surface area is 134 Å². The lowest BCUT2D eigenvalue weighted by atomic mass is 10.2. The minimum Gasteiger partial charge on any atom is -0.290 e. The molecule has 0 saturated carbocycles. The Morgan fingerprint density at radius 1 is 1.04 bits per heavy atom. The first kappa shape index (κ1) is 16.8. The fraction of sp³-hybridized carbons (Fsp3) is 0.286. The zero-order chi connectivity index (χ0) is 17.1. The third-order valence-corrected chi connectivity index (χ3v) is 5.04. The van der Waals surface area contributed by atoms with Crippen molar-refractivity contribution < 1.29 is 13.2 Å². The van der Waals surface area contributed by atoms with E-state index in [1.54, 1.807) is 20.8 Å². The highest BCUT2D eigenvalue weighted by atomic mass is 32.2. The number of aromatic nitrogens is 3. The van der Waals surface area contributed by atoms with Gasteiger partial charge in [-0.3, -0.25) is 14.8 Å². The maximum atomic E-state index is 12.1. The van der Waals surface area contributed by atoms with Gasteiger partial charge in [-0.15, -0.1) is 0 Å². The van der Waals surface area contributed by atoms with E-state index < -0.39 is 20.7 Å². The standard InChI is InChI=1S/C14H17N5O3S/c1-14(2,3)23(21,22)19-11-6-4-10(5-7-11)12(20)18-13-16-8-15-9-17-13/h4-9,19H,1-3H3,(H,15,16,17,18,20). The molecule has 2 N–H and O–H groups in total. The second kappa shape index (κ2) is 6.29. The van der Waals surface area contributed by atoms with E-state index in [2.05, 4.69) is 25.0 Å². The van der Waals surface area contributed by atoms with Gasteiger partial charge in [0.15, 0.2) is 0 Å². The quantitative estimate of drug-likeness (QED) is 0.878. The number of nitrogens with zero attached hydrogens (tertiary/aromatic N) is 3. The topological polar surface area (TPSA) is 114 Å². The molecule has 0 atom stereocenters. The van der Waals surface area contributed by atoms with Crippen molar-refractivity contribution in [3.05, 3.63) is 42.5 Å². The van der Waals surface area contributed by atoms with Gasteiger partial charge in [-0.05, 0) is 45.0 Å². The normalized spacial score (nSPS) is 11.8. The number of nitrogens with one attached hydrogen (secondary N) is 2. The van der Waals surface area contributed by atoms with Crippen LogP contribution in [0.15, 0.2) is 36.9 Å². The van der Waals surface area contributed by atoms with Crippen molar-refractivity contribution in [2.24, 2.45) is 0 Å². The van der Waals surface area contributed by atoms with Gasteiger partial charge < -0.3 is 0 Å². The minimum atomic E-state index is -3.51. The molecule has 0 radical (unpaired) electrons. The summed E-state index contributed by atoms with van der Waals surface area (Å²) in [5.74, 6) is -0.260. The lowest BCUT2D eigenvalue weighted by molar-refractivity contribution is 0.102. The van der Waals surface area contributed by atoms with Crippen LogP contribution in [0.5, 0.6) is 0 Å². The number of carbonyl (C=O) groups excluding carboxylic acids is 1. The first-order valence-corrected chi connectivity index (χ1v) is 8.23. The van der Waals surface area contributed by atoms with Gasteiger partial charge in [0.1, 0.15) is 12.7 Å². The maximum absolute atomic E-state index is 12.1. The van der Waals surface area contributed by atoms with E-state index in [0.717, 1.165) is 0 Å². The summed E-state index contributed by atoms with van der Waals surface area (Å²) in [6.45, 7) is 4.81. The van der Waals surface area contributed by atoms with Gasteiger partial charge in [0.05, 0.1) is 4.75 Å². The number of rotatable bonds is 4. The van der Waals surface area contributed by atoms with Gasteiger partial charge >= 0.3 is 0 Å². The zero-order valence-electron chi connectivity index (χ0n) is 12.9. The van der Waals surface area contributed by atoms with Gasteiger partial charge in [-0.1, -0.05) is 0 Å². The first-order chi connectivity index (χ1) is 10.7. The van der Waals surface area contributed by atoms with Crippen LogP contribution < -0.4 is 10.0 Å². The summed E-state index contributed by atoms with van der Waals surface area (Å²) in [6.07, 6.45) is 2.54. The Morgan fingerprint density at radius 2 is 1.61 bits per heavy atom. The van der Waals surface area contributed by atoms with Crippen LogP contribution in [0.1, 0.15) is 31.1 Å². The van der Waals surface area contributed by atoms with E-state index in [9.17, 15) is 13.2 Å². The van der Waals surface area contributed by atoms with Crippen LogP contribution in [0.3, 0.4) is 0 Å². The molecule has 1 aromatic carbocycles. The van der Waals surface area contributed by atoms with Gasteiger partial charge in [-0.25, -0.2) is 23.4 Å². The molecule has 122 valence electrons. The van der Waals surface area contributed by atoms with Crippen LogP contribution in [0.4, 0.5) is 11.6 Å². The molecule has 23 heavy (non-hydrogen) atoms. The fourth-order valence-corrected chi connectivity index (χ4v) is 2.23. The molecule has 2 rings (SSSR count). The van der Waals surface area contributed by atoms with E-state index in [1.807, 2.05) is 0 Å². The summed E-state index contributed by atoms with van der Waals surface area (Å²) in [6, 6.07) is 6.06. The summed E-state index contributed by atoms with van der Waals surface area (Å²) in [5.41, 5.74) is 0.737. The first-order valence-electron chi connectivity index (χ1n) is 6.75. The Morgan fingerprint density at radius 3 is 2.13 bits per heavy atom. The van der Waals surface area contributed by atoms with Gasteiger partial charge in [0, 0.05) is 11.3 Å². The number of amides is 1. The molecular weight excluding hydrogens is 318 g/mol. The molecule has 2 aromatic rings. The second-order valence-electron chi connectivity index (χ2n) is 5.71. The largest absolute Gasteiger partial charge is 0.290 e. The summed E-state index contributed by atoms with van der Waals surface area (Å²) in [5, 5.41) is 2.51. The number of sulfonamides is 1. The van der Waals surface area contributed by atoms with Gasteiger partial charge in [-0.2, -0.15) is 0 Å². The van der Waals surface area contributed by atoms with Crippen LogP contribution in [-0.2, 0) is 10.0 Å². The Bertz CT molecular complexity index is 783. The minimum absolute atomic E-state index is 0.141. The zero-order valence-corrected chi connectivity index (χ0v) is 13.8. The Balaban J connectivity index is 2.09. The van der Waals surface area contributed by atoms with Crippen molar-refractivity contribution in [3.8, 4) is 0 Å². The summed E-state index contributed by atoms with van der Waals surface area (Å²) in [7, 11) is -3.51. The van der Waals surface area contributed by atoms with Crippen molar-refractivity contribution >= 4 is 27.6 Å². The molecule has 9 heteroatoms. The third-order valence-electron chi connectivity index (χ3n) is 2.92. The Kier molecular flexibility index (Phi) is 4.60. The molecule has 1 aromatic heterocycles. The number of anilines is 2. The number of hydrogen-bond donors (Lipinski definition) is 2. The van der Waals surface area contributed by atoms with Crippen molar-refractivity contribution in [1.29, 1.82) is 0 Å². The van der Waals surface area contributed by atoms with E-state index in [1.165, 1.54) is 36.9 Å². The number of hydrogen-bond acceptors (Lipinski definition) is 6. The van der Waals surface area contributed by atoms with E-state index >= 15 is 0 Å². The van der Waals surface area contributed by atoms with E-state index in [0.29, 0.717) is 11.3 Å². The second-order valence-corrected chi connectivity index (χ2v) is 8.15. The third kappa shape index (κ3) is 4.22. The fourth-order valence-electron chi connectivity index (χ4n) is 1.48. The van der Waals surface area contributed by atoms with Gasteiger partial charge in [0.2, 0.25) is 16.0 Å². The molecule has 1 heterocycles. The van der Waals surface area contributed by atoms with Crippen molar-refractivity contribution in [2.75, 3.05) is 10.0 Å². The lowest BCUT2D eigenvalue weighted by Gasteiger charge is -2.20. The van der Waals surface area contributed by atoms with Crippen LogP contribution in [-0.4, -0.2) is 34.0 Å². The highest BCUT2D eigenvalue weighted by Gasteiger charge is 2.28. The van der Waals surface area contributed by atoms with Crippen molar-refractivity contribution in [2.45, 2.75) is 25.5 Å². The SMILES string of the molecule is CC(C)(C)S(=O)(=O)Nc1ccc(C(=O)Nc2ncncn2)cc1. The molecule has 0 bridgehead atoms. The average molecular weight is 335 g/mol. The molecule has 0 aliphatic rings. The maximum Gasteiger partial charge on any atom is 0.258 e. The van der Waals surface area contributed by atoms with Crippen LogP contribution in [0.2, 0.25) is 0 Å². The summed E-state index contributed by atoms with van der Waals surface area (Å²) < 4.78 is 25.7. The average Bonchev–Trinajstić information content (AvgIpc) is 2.47. The molecule has 0 unspecified atom stereocenters. The summed E-state index contributed by atoms with van der Waals surface area (Å²) >= 11 is 0. The highest BCUT2D eigenvalue weighted by molar-refractivity contribution is 7.94. The van der Waals surface area contributed by atoms with Crippen LogP contribution in [0, 0.1) is 0 Å². The molecule has 0 spiro atoms. The predicted molar refractivity (Wildman–Crippen MR) is 86.5 cm³/mol. The molecule has 1 amide bonds. The predicted octanol–water partition coefficient (Wildman–Crippen LogP) is 1.66.